The minimum Gasteiger partial charge on any atom is -0.270 e. The standard InChI is InChI=1S/C6H8N2O/c1-6(2)3-4-7-8-5(6)9/h3-4H,1-2H3. The summed E-state index contributed by atoms with van der Waals surface area (Å²) >= 11 is 0. The molecule has 1 rings (SSSR count). The van der Waals surface area contributed by atoms with Gasteiger partial charge in [0.15, 0.2) is 0 Å². The molecule has 0 unspecified atom stereocenters. The zero-order valence-electron chi connectivity index (χ0n) is 5.46. The molecule has 1 amide bonds. The summed E-state index contributed by atoms with van der Waals surface area (Å²) in [5, 5.41) is 6.83. The summed E-state index contributed by atoms with van der Waals surface area (Å²) in [7, 11) is 0. The molecule has 0 radical (unpaired) electrons. The average molecular weight is 124 g/mol. The van der Waals surface area contributed by atoms with Crippen molar-refractivity contribution in [2.75, 3.05) is 0 Å². The summed E-state index contributed by atoms with van der Waals surface area (Å²) in [6.45, 7) is 3.62. The molecule has 1 aliphatic rings. The number of hydrogen-bond donors (Lipinski definition) is 0. The molecule has 0 saturated carbocycles. The van der Waals surface area contributed by atoms with E-state index in [9.17, 15) is 4.79 Å². The monoisotopic (exact) mass is 124 g/mol. The molecule has 0 aromatic heterocycles. The van der Waals surface area contributed by atoms with Gasteiger partial charge in [-0.05, 0) is 19.9 Å². The Balaban J connectivity index is 2.91. The molecular weight excluding hydrogens is 116 g/mol. The summed E-state index contributed by atoms with van der Waals surface area (Å²) < 4.78 is 0. The molecule has 3 heteroatoms. The molecule has 0 aromatic rings. The molecule has 0 spiro atoms. The number of carbonyl (C=O) groups excluding carboxylic acids is 1. The molecule has 0 N–H and O–H groups in total. The fourth-order valence-electron chi connectivity index (χ4n) is 0.506. The van der Waals surface area contributed by atoms with Crippen LogP contribution in [0.15, 0.2) is 22.5 Å². The topological polar surface area (TPSA) is 41.8 Å². The van der Waals surface area contributed by atoms with Gasteiger partial charge in [0.25, 0.3) is 5.91 Å². The number of nitrogens with zero attached hydrogens (tertiary/aromatic N) is 2. The molecule has 0 saturated heterocycles. The second-order valence-electron chi connectivity index (χ2n) is 2.56. The van der Waals surface area contributed by atoms with Gasteiger partial charge in [0.1, 0.15) is 0 Å². The van der Waals surface area contributed by atoms with Crippen LogP contribution in [-0.2, 0) is 4.79 Å². The van der Waals surface area contributed by atoms with Crippen LogP contribution in [-0.4, -0.2) is 5.91 Å². The smallest absolute Gasteiger partial charge is 0.270 e. The first-order valence-electron chi connectivity index (χ1n) is 2.76. The van der Waals surface area contributed by atoms with Crippen molar-refractivity contribution < 1.29 is 4.79 Å². The van der Waals surface area contributed by atoms with E-state index in [1.807, 2.05) is 13.8 Å². The van der Waals surface area contributed by atoms with Crippen LogP contribution in [0.2, 0.25) is 0 Å². The lowest BCUT2D eigenvalue weighted by Gasteiger charge is -2.15. The van der Waals surface area contributed by atoms with Crippen LogP contribution < -0.4 is 0 Å². The fourth-order valence-corrected chi connectivity index (χ4v) is 0.506. The maximum atomic E-state index is 10.8. The third kappa shape index (κ3) is 1.04. The second-order valence-corrected chi connectivity index (χ2v) is 2.56. The van der Waals surface area contributed by atoms with Gasteiger partial charge in [-0.1, -0.05) is 0 Å². The zero-order chi connectivity index (χ0) is 6.91. The van der Waals surface area contributed by atoms with E-state index in [2.05, 4.69) is 10.2 Å². The lowest BCUT2D eigenvalue weighted by atomic mass is 9.92. The van der Waals surface area contributed by atoms with Gasteiger partial charge in [-0.15, -0.1) is 5.11 Å². The Bertz CT molecular complexity index is 191. The van der Waals surface area contributed by atoms with Crippen LogP contribution in [0, 0.1) is 5.41 Å². The van der Waals surface area contributed by atoms with E-state index in [0.717, 1.165) is 0 Å². The molecule has 9 heavy (non-hydrogen) atoms. The van der Waals surface area contributed by atoms with Crippen molar-refractivity contribution in [1.29, 1.82) is 0 Å². The van der Waals surface area contributed by atoms with Gasteiger partial charge < -0.3 is 0 Å². The highest BCUT2D eigenvalue weighted by Gasteiger charge is 2.25. The van der Waals surface area contributed by atoms with E-state index in [1.54, 1.807) is 12.3 Å². The Labute approximate surface area is 53.5 Å². The normalized spacial score (nSPS) is 22.7. The number of amides is 1. The number of hydrogen-bond acceptors (Lipinski definition) is 2. The van der Waals surface area contributed by atoms with E-state index in [4.69, 9.17) is 0 Å². The maximum Gasteiger partial charge on any atom is 0.274 e. The summed E-state index contributed by atoms with van der Waals surface area (Å²) in [6, 6.07) is 0. The number of rotatable bonds is 0. The van der Waals surface area contributed by atoms with Crippen molar-refractivity contribution >= 4 is 5.91 Å². The van der Waals surface area contributed by atoms with Crippen molar-refractivity contribution in [2.45, 2.75) is 13.8 Å². The van der Waals surface area contributed by atoms with E-state index in [1.165, 1.54) is 0 Å². The Morgan fingerprint density at radius 3 is 2.56 bits per heavy atom. The van der Waals surface area contributed by atoms with Gasteiger partial charge in [0.05, 0.1) is 5.41 Å². The lowest BCUT2D eigenvalue weighted by Crippen LogP contribution is -2.20. The van der Waals surface area contributed by atoms with Crippen LogP contribution in [0.25, 0.3) is 0 Å². The molecule has 48 valence electrons. The Morgan fingerprint density at radius 1 is 1.56 bits per heavy atom. The molecule has 0 bridgehead atoms. The molecule has 1 heterocycles. The molecular formula is C6H8N2O. The summed E-state index contributed by atoms with van der Waals surface area (Å²) in [5.41, 5.74) is -0.443. The third-order valence-electron chi connectivity index (χ3n) is 1.26. The molecule has 0 fully saturated rings. The van der Waals surface area contributed by atoms with E-state index in [0.29, 0.717) is 0 Å². The highest BCUT2D eigenvalue weighted by molar-refractivity contribution is 5.84. The molecule has 0 aromatic carbocycles. The SMILES string of the molecule is CC1(C)C=CN=NC1=O. The van der Waals surface area contributed by atoms with Crippen LogP contribution in [0.1, 0.15) is 13.8 Å². The quantitative estimate of drug-likeness (QED) is 0.482. The highest BCUT2D eigenvalue weighted by atomic mass is 16.2. The molecule has 3 nitrogen and oxygen atoms in total. The van der Waals surface area contributed by atoms with Gasteiger partial charge in [-0.25, -0.2) is 0 Å². The Morgan fingerprint density at radius 2 is 2.22 bits per heavy atom. The van der Waals surface area contributed by atoms with Gasteiger partial charge in [0.2, 0.25) is 0 Å². The largest absolute Gasteiger partial charge is 0.274 e. The zero-order valence-corrected chi connectivity index (χ0v) is 5.46. The first-order chi connectivity index (χ1) is 4.13. The van der Waals surface area contributed by atoms with Crippen LogP contribution in [0.5, 0.6) is 0 Å². The third-order valence-corrected chi connectivity index (χ3v) is 1.26. The van der Waals surface area contributed by atoms with Gasteiger partial charge in [-0.3, -0.25) is 4.79 Å². The number of azo groups is 1. The van der Waals surface area contributed by atoms with Crippen molar-refractivity contribution in [3.8, 4) is 0 Å². The first-order valence-corrected chi connectivity index (χ1v) is 2.76. The van der Waals surface area contributed by atoms with Crippen molar-refractivity contribution in [3.63, 3.8) is 0 Å². The minimum atomic E-state index is -0.443. The van der Waals surface area contributed by atoms with Crippen molar-refractivity contribution in [2.24, 2.45) is 15.6 Å². The predicted molar refractivity (Wildman–Crippen MR) is 32.8 cm³/mol. The second kappa shape index (κ2) is 1.76. The summed E-state index contributed by atoms with van der Waals surface area (Å²) in [4.78, 5) is 10.8. The van der Waals surface area contributed by atoms with E-state index < -0.39 is 5.41 Å². The summed E-state index contributed by atoms with van der Waals surface area (Å²) in [5.74, 6) is -0.176. The number of carbonyl (C=O) groups is 1. The van der Waals surface area contributed by atoms with E-state index in [-0.39, 0.29) is 5.91 Å². The molecule has 1 aliphatic heterocycles. The minimum absolute atomic E-state index is 0.176. The van der Waals surface area contributed by atoms with Crippen LogP contribution >= 0.6 is 0 Å². The Hall–Kier alpha value is -0.990. The van der Waals surface area contributed by atoms with Gasteiger partial charge in [-0.2, -0.15) is 5.11 Å². The summed E-state index contributed by atoms with van der Waals surface area (Å²) in [6.07, 6.45) is 3.28. The van der Waals surface area contributed by atoms with Crippen LogP contribution in [0.3, 0.4) is 0 Å². The Kier molecular flexibility index (Phi) is 1.20. The molecule has 0 aliphatic carbocycles. The van der Waals surface area contributed by atoms with Crippen molar-refractivity contribution in [3.05, 3.63) is 12.3 Å². The lowest BCUT2D eigenvalue weighted by molar-refractivity contribution is -0.124. The highest BCUT2D eigenvalue weighted by Crippen LogP contribution is 2.21. The maximum absolute atomic E-state index is 10.8. The fraction of sp³-hybridized carbons (Fsp3) is 0.500. The average Bonchev–Trinajstić information content (AvgIpc) is 1.77. The predicted octanol–water partition coefficient (Wildman–Crippen LogP) is 1.52. The first kappa shape index (κ1) is 6.13. The van der Waals surface area contributed by atoms with Gasteiger partial charge >= 0.3 is 0 Å². The van der Waals surface area contributed by atoms with E-state index >= 15 is 0 Å². The molecule has 0 atom stereocenters. The van der Waals surface area contributed by atoms with Gasteiger partial charge in [0, 0.05) is 6.20 Å². The van der Waals surface area contributed by atoms with Crippen molar-refractivity contribution in [1.82, 2.24) is 0 Å². The van der Waals surface area contributed by atoms with Crippen LogP contribution in [0.4, 0.5) is 0 Å².